The van der Waals surface area contributed by atoms with Crippen LogP contribution in [0.5, 0.6) is 5.75 Å². The molecule has 0 fully saturated rings. The maximum atomic E-state index is 13.0. The van der Waals surface area contributed by atoms with Crippen molar-refractivity contribution in [3.8, 4) is 5.75 Å². The molecule has 3 aromatic rings. The van der Waals surface area contributed by atoms with Gasteiger partial charge in [-0.05, 0) is 46.9 Å². The number of benzene rings is 3. The highest BCUT2D eigenvalue weighted by atomic mass is 32.2. The molecule has 0 aliphatic heterocycles. The molecule has 0 atom stereocenters. The number of nitrogens with one attached hydrogen (secondary N) is 2. The van der Waals surface area contributed by atoms with Crippen LogP contribution < -0.4 is 14.8 Å². The Kier molecular flexibility index (Phi) is 8.12. The molecular weight excluding hydrogens is 488 g/mol. The summed E-state index contributed by atoms with van der Waals surface area (Å²) in [7, 11) is -4.20. The van der Waals surface area contributed by atoms with Crippen LogP contribution in [0.15, 0.2) is 77.7 Å². The molecule has 37 heavy (non-hydrogen) atoms. The summed E-state index contributed by atoms with van der Waals surface area (Å²) in [6.45, 7) is 11.6. The van der Waals surface area contributed by atoms with Crippen molar-refractivity contribution in [1.82, 2.24) is 4.72 Å². The number of amides is 2. The van der Waals surface area contributed by atoms with E-state index in [0.717, 1.165) is 5.56 Å². The molecule has 196 valence electrons. The number of ether oxygens (including phenoxy) is 1. The van der Waals surface area contributed by atoms with E-state index in [9.17, 15) is 18.0 Å². The summed E-state index contributed by atoms with van der Waals surface area (Å²) in [5.41, 5.74) is 1.75. The van der Waals surface area contributed by atoms with Crippen LogP contribution in [-0.4, -0.2) is 20.2 Å². The van der Waals surface area contributed by atoms with Crippen LogP contribution in [0.2, 0.25) is 0 Å². The van der Waals surface area contributed by atoms with Crippen molar-refractivity contribution in [1.29, 1.82) is 0 Å². The van der Waals surface area contributed by atoms with Crippen LogP contribution in [0.4, 0.5) is 5.69 Å². The monoisotopic (exact) mass is 522 g/mol. The van der Waals surface area contributed by atoms with Gasteiger partial charge in [-0.3, -0.25) is 9.59 Å². The Hall–Kier alpha value is -3.65. The second-order valence-corrected chi connectivity index (χ2v) is 12.5. The first-order valence-electron chi connectivity index (χ1n) is 12.0. The van der Waals surface area contributed by atoms with E-state index in [4.69, 9.17) is 4.74 Å². The van der Waals surface area contributed by atoms with Gasteiger partial charge in [0, 0.05) is 11.0 Å². The lowest BCUT2D eigenvalue weighted by Crippen LogP contribution is -2.39. The Morgan fingerprint density at radius 3 is 2.11 bits per heavy atom. The number of hydrogen-bond donors (Lipinski definition) is 2. The Bertz CT molecular complexity index is 1380. The number of anilines is 1. The zero-order valence-electron chi connectivity index (χ0n) is 22.1. The SMILES string of the molecule is CC(C)(C)C(=O)NS(=O)(=O)c1ccccc1NC(=O)c1cccc(OCc2ccc(C(C)(C)C)cc2)c1. The van der Waals surface area contributed by atoms with Gasteiger partial charge in [0.1, 0.15) is 17.3 Å². The number of para-hydroxylation sites is 1. The molecule has 0 aliphatic rings. The molecule has 0 aromatic heterocycles. The zero-order valence-corrected chi connectivity index (χ0v) is 22.9. The van der Waals surface area contributed by atoms with Crippen LogP contribution in [0.3, 0.4) is 0 Å². The first kappa shape index (κ1) is 27.9. The minimum atomic E-state index is -4.20. The molecule has 0 unspecified atom stereocenters. The van der Waals surface area contributed by atoms with Crippen LogP contribution in [0.25, 0.3) is 0 Å². The van der Waals surface area contributed by atoms with E-state index in [1.807, 2.05) is 12.1 Å². The maximum absolute atomic E-state index is 13.0. The number of carbonyl (C=O) groups is 2. The van der Waals surface area contributed by atoms with E-state index < -0.39 is 27.3 Å². The van der Waals surface area contributed by atoms with Crippen molar-refractivity contribution in [2.45, 2.75) is 58.5 Å². The molecule has 0 saturated heterocycles. The minimum Gasteiger partial charge on any atom is -0.489 e. The Morgan fingerprint density at radius 1 is 0.838 bits per heavy atom. The van der Waals surface area contributed by atoms with Gasteiger partial charge in [0.25, 0.3) is 15.9 Å². The Morgan fingerprint density at radius 2 is 1.49 bits per heavy atom. The van der Waals surface area contributed by atoms with Gasteiger partial charge in [0.2, 0.25) is 5.91 Å². The third-order valence-electron chi connectivity index (χ3n) is 5.65. The van der Waals surface area contributed by atoms with Gasteiger partial charge in [0.05, 0.1) is 5.69 Å². The second kappa shape index (κ2) is 10.8. The summed E-state index contributed by atoms with van der Waals surface area (Å²) in [5, 5.41) is 2.64. The molecule has 0 aliphatic carbocycles. The highest BCUT2D eigenvalue weighted by Crippen LogP contribution is 2.25. The van der Waals surface area contributed by atoms with Crippen molar-refractivity contribution in [3.05, 3.63) is 89.5 Å². The van der Waals surface area contributed by atoms with Gasteiger partial charge in [-0.1, -0.05) is 84.0 Å². The van der Waals surface area contributed by atoms with E-state index in [1.54, 1.807) is 51.1 Å². The van der Waals surface area contributed by atoms with Gasteiger partial charge in [-0.2, -0.15) is 0 Å². The van der Waals surface area contributed by atoms with Crippen LogP contribution in [-0.2, 0) is 26.8 Å². The average molecular weight is 523 g/mol. The smallest absolute Gasteiger partial charge is 0.266 e. The number of hydrogen-bond acceptors (Lipinski definition) is 5. The van der Waals surface area contributed by atoms with E-state index in [0.29, 0.717) is 17.9 Å². The molecule has 0 bridgehead atoms. The summed E-state index contributed by atoms with van der Waals surface area (Å²) in [4.78, 5) is 25.1. The lowest BCUT2D eigenvalue weighted by molar-refractivity contribution is -0.126. The number of sulfonamides is 1. The maximum Gasteiger partial charge on any atom is 0.266 e. The molecule has 0 saturated carbocycles. The zero-order chi connectivity index (χ0) is 27.4. The van der Waals surface area contributed by atoms with Crippen molar-refractivity contribution in [3.63, 3.8) is 0 Å². The van der Waals surface area contributed by atoms with Crippen LogP contribution >= 0.6 is 0 Å². The second-order valence-electron chi connectivity index (χ2n) is 10.9. The molecule has 3 aromatic carbocycles. The topological polar surface area (TPSA) is 102 Å². The third kappa shape index (κ3) is 7.43. The minimum absolute atomic E-state index is 0.0620. The molecule has 8 heteroatoms. The summed E-state index contributed by atoms with van der Waals surface area (Å²) >= 11 is 0. The predicted molar refractivity (Wildman–Crippen MR) is 145 cm³/mol. The summed E-state index contributed by atoms with van der Waals surface area (Å²) in [5.74, 6) is -0.651. The normalized spacial score (nSPS) is 12.1. The lowest BCUT2D eigenvalue weighted by atomic mass is 9.87. The van der Waals surface area contributed by atoms with Crippen LogP contribution in [0, 0.1) is 5.41 Å². The summed E-state index contributed by atoms with van der Waals surface area (Å²) < 4.78 is 33.7. The first-order valence-corrected chi connectivity index (χ1v) is 13.4. The number of rotatable bonds is 7. The average Bonchev–Trinajstić information content (AvgIpc) is 2.82. The van der Waals surface area contributed by atoms with Crippen molar-refractivity contribution in [2.75, 3.05) is 5.32 Å². The highest BCUT2D eigenvalue weighted by Gasteiger charge is 2.28. The molecule has 3 rings (SSSR count). The third-order valence-corrected chi connectivity index (χ3v) is 7.04. The molecule has 0 spiro atoms. The largest absolute Gasteiger partial charge is 0.489 e. The predicted octanol–water partition coefficient (Wildman–Crippen LogP) is 5.67. The van der Waals surface area contributed by atoms with Crippen molar-refractivity contribution >= 4 is 27.5 Å². The van der Waals surface area contributed by atoms with E-state index >= 15 is 0 Å². The summed E-state index contributed by atoms with van der Waals surface area (Å²) in [6, 6.07) is 20.8. The number of carbonyl (C=O) groups excluding carboxylic acids is 2. The quantitative estimate of drug-likeness (QED) is 0.417. The lowest BCUT2D eigenvalue weighted by Gasteiger charge is -2.19. The fraction of sp³-hybridized carbons (Fsp3) is 0.310. The van der Waals surface area contributed by atoms with Crippen LogP contribution in [0.1, 0.15) is 63.0 Å². The van der Waals surface area contributed by atoms with Gasteiger partial charge in [-0.15, -0.1) is 0 Å². The van der Waals surface area contributed by atoms with Gasteiger partial charge in [0.15, 0.2) is 0 Å². The molecule has 0 radical (unpaired) electrons. The standard InChI is InChI=1S/C29H34N2O5S/c1-28(2,3)22-16-14-20(15-17-22)19-36-23-11-9-10-21(18-23)26(32)30-24-12-7-8-13-25(24)37(34,35)31-27(33)29(4,5)6/h7-18H,19H2,1-6H3,(H,30,32)(H,31,33). The first-order chi connectivity index (χ1) is 17.2. The molecule has 2 amide bonds. The van der Waals surface area contributed by atoms with Gasteiger partial charge < -0.3 is 10.1 Å². The van der Waals surface area contributed by atoms with Crippen molar-refractivity contribution < 1.29 is 22.7 Å². The van der Waals surface area contributed by atoms with E-state index in [-0.39, 0.29) is 16.0 Å². The Labute approximate surface area is 219 Å². The fourth-order valence-corrected chi connectivity index (χ4v) is 4.65. The molecule has 7 nitrogen and oxygen atoms in total. The van der Waals surface area contributed by atoms with E-state index in [2.05, 4.69) is 42.9 Å². The van der Waals surface area contributed by atoms with Gasteiger partial charge >= 0.3 is 0 Å². The summed E-state index contributed by atoms with van der Waals surface area (Å²) in [6.07, 6.45) is 0. The molecular formula is C29H34N2O5S. The Balaban J connectivity index is 1.73. The van der Waals surface area contributed by atoms with Crippen molar-refractivity contribution in [2.24, 2.45) is 5.41 Å². The highest BCUT2D eigenvalue weighted by molar-refractivity contribution is 7.90. The fourth-order valence-electron chi connectivity index (χ4n) is 3.32. The molecule has 2 N–H and O–H groups in total. The molecule has 0 heterocycles. The van der Waals surface area contributed by atoms with E-state index in [1.165, 1.54) is 23.8 Å². The van der Waals surface area contributed by atoms with Gasteiger partial charge in [-0.25, -0.2) is 13.1 Å².